The van der Waals surface area contributed by atoms with Gasteiger partial charge in [0.05, 0.1) is 15.8 Å². The first-order valence-electron chi connectivity index (χ1n) is 12.0. The lowest BCUT2D eigenvalue weighted by atomic mass is 9.95. The van der Waals surface area contributed by atoms with Gasteiger partial charge >= 0.3 is 0 Å². The minimum atomic E-state index is -0.486. The Hall–Kier alpha value is -1.69. The molecule has 2 amide bonds. The lowest BCUT2D eigenvalue weighted by molar-refractivity contribution is -0.139. The van der Waals surface area contributed by atoms with Crippen molar-refractivity contribution in [3.63, 3.8) is 0 Å². The Morgan fingerprint density at radius 1 is 1.09 bits per heavy atom. The van der Waals surface area contributed by atoms with Gasteiger partial charge in [-0.15, -0.1) is 11.8 Å². The van der Waals surface area contributed by atoms with Crippen molar-refractivity contribution in [1.82, 2.24) is 10.2 Å². The number of thioether (sulfide) groups is 1. The Morgan fingerprint density at radius 3 is 2.50 bits per heavy atom. The second-order valence-corrected chi connectivity index (χ2v) is 10.8. The van der Waals surface area contributed by atoms with Gasteiger partial charge in [-0.1, -0.05) is 79.7 Å². The van der Waals surface area contributed by atoms with Crippen molar-refractivity contribution in [3.8, 4) is 0 Å². The SMILES string of the molecule is CC[C@H](C(=O)NC1CCCCC1)N(Cc1ccccc1C)C(=O)CSCc1ccc(Cl)c(Cl)c1. The summed E-state index contributed by atoms with van der Waals surface area (Å²) in [5.41, 5.74) is 3.19. The van der Waals surface area contributed by atoms with Crippen LogP contribution >= 0.6 is 35.0 Å². The Morgan fingerprint density at radius 2 is 1.82 bits per heavy atom. The number of nitrogens with zero attached hydrogens (tertiary/aromatic N) is 1. The fraction of sp³-hybridized carbons (Fsp3) is 0.481. The van der Waals surface area contributed by atoms with E-state index in [1.807, 2.05) is 50.2 Å². The zero-order chi connectivity index (χ0) is 24.5. The molecule has 2 aromatic carbocycles. The van der Waals surface area contributed by atoms with Crippen LogP contribution in [0.1, 0.15) is 62.1 Å². The molecule has 0 aliphatic heterocycles. The summed E-state index contributed by atoms with van der Waals surface area (Å²) >= 11 is 13.7. The number of halogens is 2. The lowest BCUT2D eigenvalue weighted by Crippen LogP contribution is -2.52. The number of nitrogens with one attached hydrogen (secondary N) is 1. The van der Waals surface area contributed by atoms with E-state index in [1.165, 1.54) is 18.2 Å². The number of carbonyl (C=O) groups excluding carboxylic acids is 2. The third-order valence-electron chi connectivity index (χ3n) is 6.42. The largest absolute Gasteiger partial charge is 0.352 e. The van der Waals surface area contributed by atoms with Gasteiger partial charge in [0.25, 0.3) is 0 Å². The zero-order valence-electron chi connectivity index (χ0n) is 20.0. The van der Waals surface area contributed by atoms with Crippen LogP contribution in [0.2, 0.25) is 10.0 Å². The Balaban J connectivity index is 1.71. The monoisotopic (exact) mass is 520 g/mol. The molecule has 1 saturated carbocycles. The second-order valence-electron chi connectivity index (χ2n) is 8.96. The highest BCUT2D eigenvalue weighted by atomic mass is 35.5. The van der Waals surface area contributed by atoms with Gasteiger partial charge in [0.15, 0.2) is 0 Å². The highest BCUT2D eigenvalue weighted by molar-refractivity contribution is 7.99. The molecule has 7 heteroatoms. The molecular formula is C27H34Cl2N2O2S. The molecule has 3 rings (SSSR count). The molecule has 0 saturated heterocycles. The van der Waals surface area contributed by atoms with E-state index in [1.54, 1.807) is 11.0 Å². The third-order valence-corrected chi connectivity index (χ3v) is 8.15. The number of aryl methyl sites for hydroxylation is 1. The van der Waals surface area contributed by atoms with Gasteiger partial charge < -0.3 is 10.2 Å². The normalized spacial score (nSPS) is 15.1. The van der Waals surface area contributed by atoms with Crippen molar-refractivity contribution in [2.75, 3.05) is 5.75 Å². The van der Waals surface area contributed by atoms with Gasteiger partial charge in [-0.2, -0.15) is 0 Å². The molecule has 0 bridgehead atoms. The lowest BCUT2D eigenvalue weighted by Gasteiger charge is -2.33. The molecule has 0 unspecified atom stereocenters. The van der Waals surface area contributed by atoms with Crippen LogP contribution in [0.5, 0.6) is 0 Å². The number of rotatable bonds is 10. The summed E-state index contributed by atoms with van der Waals surface area (Å²) in [7, 11) is 0. The average Bonchev–Trinajstić information content (AvgIpc) is 2.83. The molecule has 2 aromatic rings. The number of carbonyl (C=O) groups is 2. The second kappa shape index (κ2) is 13.4. The zero-order valence-corrected chi connectivity index (χ0v) is 22.3. The van der Waals surface area contributed by atoms with Gasteiger partial charge in [0.2, 0.25) is 11.8 Å². The van der Waals surface area contributed by atoms with Crippen molar-refractivity contribution in [3.05, 3.63) is 69.2 Å². The highest BCUT2D eigenvalue weighted by Crippen LogP contribution is 2.25. The minimum Gasteiger partial charge on any atom is -0.352 e. The van der Waals surface area contributed by atoms with Gasteiger partial charge in [-0.25, -0.2) is 0 Å². The van der Waals surface area contributed by atoms with E-state index >= 15 is 0 Å². The first kappa shape index (κ1) is 26.9. The number of benzene rings is 2. The predicted molar refractivity (Wildman–Crippen MR) is 143 cm³/mol. The number of hydrogen-bond acceptors (Lipinski definition) is 3. The first-order chi connectivity index (χ1) is 16.4. The molecule has 184 valence electrons. The van der Waals surface area contributed by atoms with Crippen molar-refractivity contribution in [2.45, 2.75) is 76.8 Å². The summed E-state index contributed by atoms with van der Waals surface area (Å²) in [4.78, 5) is 28.5. The summed E-state index contributed by atoms with van der Waals surface area (Å²) in [5, 5.41) is 4.26. The quantitative estimate of drug-likeness (QED) is 0.375. The van der Waals surface area contributed by atoms with E-state index in [4.69, 9.17) is 23.2 Å². The van der Waals surface area contributed by atoms with Crippen LogP contribution in [-0.4, -0.2) is 34.6 Å². The Bertz CT molecular complexity index is 979. The number of hydrogen-bond donors (Lipinski definition) is 1. The molecule has 4 nitrogen and oxygen atoms in total. The summed E-state index contributed by atoms with van der Waals surface area (Å²) in [6.07, 6.45) is 6.16. The van der Waals surface area contributed by atoms with E-state index < -0.39 is 6.04 Å². The van der Waals surface area contributed by atoms with E-state index in [0.717, 1.165) is 42.4 Å². The van der Waals surface area contributed by atoms with Crippen LogP contribution in [-0.2, 0) is 21.9 Å². The fourth-order valence-corrected chi connectivity index (χ4v) is 5.58. The molecule has 1 aliphatic rings. The van der Waals surface area contributed by atoms with Crippen LogP contribution in [0.25, 0.3) is 0 Å². The minimum absolute atomic E-state index is 0.0287. The van der Waals surface area contributed by atoms with E-state index in [-0.39, 0.29) is 17.9 Å². The highest BCUT2D eigenvalue weighted by Gasteiger charge is 2.30. The van der Waals surface area contributed by atoms with Gasteiger partial charge in [-0.05, 0) is 55.0 Å². The number of amides is 2. The molecule has 1 N–H and O–H groups in total. The van der Waals surface area contributed by atoms with Crippen LogP contribution in [0.4, 0.5) is 0 Å². The van der Waals surface area contributed by atoms with Crippen LogP contribution in [0.3, 0.4) is 0 Å². The molecule has 0 heterocycles. The predicted octanol–water partition coefficient (Wildman–Crippen LogP) is 6.79. The molecular weight excluding hydrogens is 487 g/mol. The molecule has 0 spiro atoms. The van der Waals surface area contributed by atoms with Crippen LogP contribution in [0.15, 0.2) is 42.5 Å². The van der Waals surface area contributed by atoms with Crippen LogP contribution < -0.4 is 5.32 Å². The third kappa shape index (κ3) is 7.66. The van der Waals surface area contributed by atoms with Crippen LogP contribution in [0, 0.1) is 6.92 Å². The van der Waals surface area contributed by atoms with E-state index in [2.05, 4.69) is 5.32 Å². The summed E-state index contributed by atoms with van der Waals surface area (Å²) in [6, 6.07) is 13.3. The van der Waals surface area contributed by atoms with Gasteiger partial charge in [-0.3, -0.25) is 9.59 Å². The summed E-state index contributed by atoms with van der Waals surface area (Å²) in [5.74, 6) is 0.871. The maximum absolute atomic E-state index is 13.4. The fourth-order valence-electron chi connectivity index (χ4n) is 4.40. The smallest absolute Gasteiger partial charge is 0.243 e. The molecule has 1 aliphatic carbocycles. The van der Waals surface area contributed by atoms with E-state index in [9.17, 15) is 9.59 Å². The maximum Gasteiger partial charge on any atom is 0.243 e. The van der Waals surface area contributed by atoms with Crippen molar-refractivity contribution >= 4 is 46.8 Å². The molecule has 1 atom stereocenters. The summed E-state index contributed by atoms with van der Waals surface area (Å²) in [6.45, 7) is 4.45. The Labute approximate surface area is 217 Å². The van der Waals surface area contributed by atoms with E-state index in [0.29, 0.717) is 34.5 Å². The molecule has 1 fully saturated rings. The standard InChI is InChI=1S/C27H34Cl2N2O2S/c1-3-25(27(33)30-22-11-5-4-6-12-22)31(16-21-10-8-7-9-19(21)2)26(32)18-34-17-20-13-14-23(28)24(29)15-20/h7-10,13-15,22,25H,3-6,11-12,16-18H2,1-2H3,(H,30,33)/t25-/m1/s1. The molecule has 0 radical (unpaired) electrons. The van der Waals surface area contributed by atoms with Gasteiger partial charge in [0.1, 0.15) is 6.04 Å². The maximum atomic E-state index is 13.4. The first-order valence-corrected chi connectivity index (χ1v) is 14.0. The van der Waals surface area contributed by atoms with Crippen molar-refractivity contribution < 1.29 is 9.59 Å². The van der Waals surface area contributed by atoms with Crippen molar-refractivity contribution in [1.29, 1.82) is 0 Å². The van der Waals surface area contributed by atoms with Gasteiger partial charge in [0, 0.05) is 18.3 Å². The summed E-state index contributed by atoms with van der Waals surface area (Å²) < 4.78 is 0. The Kier molecular flexibility index (Phi) is 10.6. The average molecular weight is 522 g/mol. The van der Waals surface area contributed by atoms with Crippen molar-refractivity contribution in [2.24, 2.45) is 0 Å². The molecule has 0 aromatic heterocycles. The topological polar surface area (TPSA) is 49.4 Å². The molecule has 34 heavy (non-hydrogen) atoms.